The SMILES string of the molecule is O=C(NC1CCC(O)CC1)N1CCOC[C@H]1C[C@H](O)c1cccs1. The van der Waals surface area contributed by atoms with Gasteiger partial charge < -0.3 is 25.2 Å². The van der Waals surface area contributed by atoms with E-state index in [9.17, 15) is 15.0 Å². The summed E-state index contributed by atoms with van der Waals surface area (Å²) in [7, 11) is 0. The normalized spacial score (nSPS) is 29.2. The van der Waals surface area contributed by atoms with E-state index >= 15 is 0 Å². The molecule has 0 spiro atoms. The highest BCUT2D eigenvalue weighted by Gasteiger charge is 2.31. The predicted octanol–water partition coefficient (Wildman–Crippen LogP) is 1.89. The first-order valence-corrected chi connectivity index (χ1v) is 9.56. The van der Waals surface area contributed by atoms with E-state index in [2.05, 4.69) is 5.32 Å². The first-order chi connectivity index (χ1) is 11.6. The second-order valence-electron chi connectivity index (χ2n) is 6.64. The average Bonchev–Trinajstić information content (AvgIpc) is 3.12. The molecule has 2 amide bonds. The Bertz CT molecular complexity index is 517. The Morgan fingerprint density at radius 1 is 1.42 bits per heavy atom. The molecule has 0 bridgehead atoms. The number of hydrogen-bond donors (Lipinski definition) is 3. The van der Waals surface area contributed by atoms with Crippen LogP contribution in [0.15, 0.2) is 17.5 Å². The van der Waals surface area contributed by atoms with Crippen LogP contribution in [0, 0.1) is 0 Å². The summed E-state index contributed by atoms with van der Waals surface area (Å²) >= 11 is 1.52. The Kier molecular flexibility index (Phi) is 6.10. The van der Waals surface area contributed by atoms with Crippen LogP contribution < -0.4 is 5.32 Å². The summed E-state index contributed by atoms with van der Waals surface area (Å²) in [4.78, 5) is 15.4. The molecule has 24 heavy (non-hydrogen) atoms. The Hall–Kier alpha value is -1.15. The fraction of sp³-hybridized carbons (Fsp3) is 0.706. The van der Waals surface area contributed by atoms with E-state index in [0.29, 0.717) is 26.2 Å². The second-order valence-corrected chi connectivity index (χ2v) is 7.62. The Morgan fingerprint density at radius 3 is 2.92 bits per heavy atom. The quantitative estimate of drug-likeness (QED) is 0.771. The molecule has 2 fully saturated rings. The van der Waals surface area contributed by atoms with Crippen LogP contribution in [0.25, 0.3) is 0 Å². The predicted molar refractivity (Wildman–Crippen MR) is 92.0 cm³/mol. The van der Waals surface area contributed by atoms with E-state index < -0.39 is 6.10 Å². The lowest BCUT2D eigenvalue weighted by Gasteiger charge is -2.38. The van der Waals surface area contributed by atoms with Crippen molar-refractivity contribution in [3.63, 3.8) is 0 Å². The van der Waals surface area contributed by atoms with Crippen LogP contribution in [-0.4, -0.2) is 59.1 Å². The van der Waals surface area contributed by atoms with Crippen molar-refractivity contribution in [3.05, 3.63) is 22.4 Å². The van der Waals surface area contributed by atoms with Gasteiger partial charge in [0.15, 0.2) is 0 Å². The van der Waals surface area contributed by atoms with Gasteiger partial charge in [-0.25, -0.2) is 4.79 Å². The summed E-state index contributed by atoms with van der Waals surface area (Å²) in [6, 6.07) is 3.76. The average molecular weight is 354 g/mol. The van der Waals surface area contributed by atoms with E-state index in [1.807, 2.05) is 17.5 Å². The molecule has 1 aromatic heterocycles. The molecule has 1 saturated carbocycles. The molecule has 1 aromatic rings. The second kappa shape index (κ2) is 8.29. The van der Waals surface area contributed by atoms with Crippen molar-refractivity contribution in [1.82, 2.24) is 10.2 Å². The number of aliphatic hydroxyl groups excluding tert-OH is 2. The first-order valence-electron chi connectivity index (χ1n) is 8.68. The summed E-state index contributed by atoms with van der Waals surface area (Å²) in [6.45, 7) is 1.53. The third-order valence-electron chi connectivity index (χ3n) is 4.88. The Balaban J connectivity index is 1.56. The number of carbonyl (C=O) groups excluding carboxylic acids is 1. The number of morpholine rings is 1. The number of nitrogens with one attached hydrogen (secondary N) is 1. The van der Waals surface area contributed by atoms with Crippen molar-refractivity contribution < 1.29 is 19.7 Å². The molecule has 2 atom stereocenters. The fourth-order valence-corrected chi connectivity index (χ4v) is 4.17. The van der Waals surface area contributed by atoms with E-state index in [0.717, 1.165) is 30.6 Å². The number of amides is 2. The van der Waals surface area contributed by atoms with Crippen molar-refractivity contribution in [2.24, 2.45) is 0 Å². The minimum atomic E-state index is -0.572. The maximum atomic E-state index is 12.6. The third kappa shape index (κ3) is 4.47. The van der Waals surface area contributed by atoms with Gasteiger partial charge in [-0.2, -0.15) is 0 Å². The molecule has 2 aliphatic rings. The van der Waals surface area contributed by atoms with Crippen LogP contribution in [0.4, 0.5) is 4.79 Å². The minimum Gasteiger partial charge on any atom is -0.393 e. The summed E-state index contributed by atoms with van der Waals surface area (Å²) in [5.74, 6) is 0. The fourth-order valence-electron chi connectivity index (χ4n) is 3.45. The summed E-state index contributed by atoms with van der Waals surface area (Å²) in [5.41, 5.74) is 0. The van der Waals surface area contributed by atoms with E-state index in [1.165, 1.54) is 11.3 Å². The number of aliphatic hydroxyl groups is 2. The monoisotopic (exact) mass is 354 g/mol. The van der Waals surface area contributed by atoms with Crippen molar-refractivity contribution in [3.8, 4) is 0 Å². The van der Waals surface area contributed by atoms with Crippen molar-refractivity contribution in [1.29, 1.82) is 0 Å². The standard InChI is InChI=1S/C17H26N2O4S/c20-14-5-3-12(4-6-14)18-17(22)19-7-8-23-11-13(19)10-15(21)16-2-1-9-24-16/h1-2,9,12-15,20-21H,3-8,10-11H2,(H,18,22)/t12?,13-,14?,15+/m1/s1. The molecule has 134 valence electrons. The largest absolute Gasteiger partial charge is 0.393 e. The lowest BCUT2D eigenvalue weighted by molar-refractivity contribution is -0.00751. The first kappa shape index (κ1) is 17.7. The zero-order valence-electron chi connectivity index (χ0n) is 13.8. The molecule has 3 rings (SSSR count). The lowest BCUT2D eigenvalue weighted by atomic mass is 9.93. The van der Waals surface area contributed by atoms with Gasteiger partial charge in [0.1, 0.15) is 0 Å². The number of thiophene rings is 1. The van der Waals surface area contributed by atoms with E-state index in [1.54, 1.807) is 4.90 Å². The summed E-state index contributed by atoms with van der Waals surface area (Å²) in [5, 5.41) is 25.0. The number of hydrogen-bond acceptors (Lipinski definition) is 5. The van der Waals surface area contributed by atoms with Gasteiger partial charge in [0.05, 0.1) is 31.5 Å². The molecule has 1 aliphatic heterocycles. The molecular weight excluding hydrogens is 328 g/mol. The number of urea groups is 1. The highest BCUT2D eigenvalue weighted by molar-refractivity contribution is 7.10. The molecule has 0 aromatic carbocycles. The Labute approximate surface area is 146 Å². The summed E-state index contributed by atoms with van der Waals surface area (Å²) in [6.07, 6.45) is 2.81. The van der Waals surface area contributed by atoms with E-state index in [4.69, 9.17) is 4.74 Å². The van der Waals surface area contributed by atoms with Gasteiger partial charge in [-0.05, 0) is 37.1 Å². The number of ether oxygens (including phenoxy) is 1. The molecule has 3 N–H and O–H groups in total. The van der Waals surface area contributed by atoms with Crippen LogP contribution >= 0.6 is 11.3 Å². The van der Waals surface area contributed by atoms with Crippen molar-refractivity contribution >= 4 is 17.4 Å². The Morgan fingerprint density at radius 2 is 2.21 bits per heavy atom. The molecule has 2 heterocycles. The van der Waals surface area contributed by atoms with Crippen LogP contribution in [-0.2, 0) is 4.74 Å². The number of nitrogens with zero attached hydrogens (tertiary/aromatic N) is 1. The van der Waals surface area contributed by atoms with Crippen LogP contribution in [0.3, 0.4) is 0 Å². The summed E-state index contributed by atoms with van der Waals surface area (Å²) < 4.78 is 5.52. The molecule has 7 heteroatoms. The molecular formula is C17H26N2O4S. The lowest BCUT2D eigenvalue weighted by Crippen LogP contribution is -2.55. The molecule has 0 radical (unpaired) electrons. The maximum absolute atomic E-state index is 12.6. The smallest absolute Gasteiger partial charge is 0.318 e. The van der Waals surface area contributed by atoms with E-state index in [-0.39, 0.29) is 24.2 Å². The van der Waals surface area contributed by atoms with Crippen LogP contribution in [0.5, 0.6) is 0 Å². The van der Waals surface area contributed by atoms with Gasteiger partial charge in [-0.15, -0.1) is 11.3 Å². The zero-order valence-corrected chi connectivity index (χ0v) is 14.6. The molecule has 1 aliphatic carbocycles. The highest BCUT2D eigenvalue weighted by atomic mass is 32.1. The molecule has 1 saturated heterocycles. The molecule has 0 unspecified atom stereocenters. The van der Waals surface area contributed by atoms with Gasteiger partial charge in [0.2, 0.25) is 0 Å². The number of carbonyl (C=O) groups is 1. The maximum Gasteiger partial charge on any atom is 0.318 e. The highest BCUT2D eigenvalue weighted by Crippen LogP contribution is 2.26. The van der Waals surface area contributed by atoms with Gasteiger partial charge in [0, 0.05) is 23.9 Å². The zero-order chi connectivity index (χ0) is 16.9. The third-order valence-corrected chi connectivity index (χ3v) is 5.85. The molecule has 6 nitrogen and oxygen atoms in total. The topological polar surface area (TPSA) is 82.0 Å². The van der Waals surface area contributed by atoms with Crippen LogP contribution in [0.1, 0.15) is 43.1 Å². The van der Waals surface area contributed by atoms with Gasteiger partial charge in [-0.1, -0.05) is 6.07 Å². The van der Waals surface area contributed by atoms with Crippen molar-refractivity contribution in [2.75, 3.05) is 19.8 Å². The van der Waals surface area contributed by atoms with Crippen molar-refractivity contribution in [2.45, 2.75) is 56.4 Å². The van der Waals surface area contributed by atoms with Gasteiger partial charge in [0.25, 0.3) is 0 Å². The minimum absolute atomic E-state index is 0.0805. The van der Waals surface area contributed by atoms with Gasteiger partial charge in [-0.3, -0.25) is 0 Å². The number of rotatable bonds is 4. The van der Waals surface area contributed by atoms with Gasteiger partial charge >= 0.3 is 6.03 Å². The van der Waals surface area contributed by atoms with Crippen LogP contribution in [0.2, 0.25) is 0 Å².